The lowest BCUT2D eigenvalue weighted by molar-refractivity contribution is -0.274. The molecule has 1 N–H and O–H groups in total. The summed E-state index contributed by atoms with van der Waals surface area (Å²) in [5.41, 5.74) is 1.51. The number of hydrogen-bond acceptors (Lipinski definition) is 5. The van der Waals surface area contributed by atoms with Gasteiger partial charge in [-0.2, -0.15) is 0 Å². The van der Waals surface area contributed by atoms with Crippen molar-refractivity contribution in [2.45, 2.75) is 31.3 Å². The summed E-state index contributed by atoms with van der Waals surface area (Å²) in [6.07, 6.45) is -0.722. The number of hydrogen-bond donors (Lipinski definition) is 1. The molecule has 2 saturated heterocycles. The lowest BCUT2D eigenvalue weighted by Crippen LogP contribution is -2.50. The third-order valence-corrected chi connectivity index (χ3v) is 5.64. The number of rotatable bonds is 4. The minimum Gasteiger partial charge on any atom is -0.406 e. The molecule has 0 radical (unpaired) electrons. The van der Waals surface area contributed by atoms with Gasteiger partial charge in [0, 0.05) is 12.6 Å². The van der Waals surface area contributed by atoms with E-state index in [2.05, 4.69) is 31.6 Å². The third kappa shape index (κ3) is 4.91. The van der Waals surface area contributed by atoms with Gasteiger partial charge >= 0.3 is 6.36 Å². The van der Waals surface area contributed by atoms with Crippen LogP contribution in [-0.2, 0) is 4.74 Å². The first kappa shape index (κ1) is 20.2. The first-order chi connectivity index (χ1) is 13.9. The average Bonchev–Trinajstić information content (AvgIpc) is 3.18. The van der Waals surface area contributed by atoms with Crippen LogP contribution >= 0.6 is 0 Å². The monoisotopic (exact) mass is 410 g/mol. The van der Waals surface area contributed by atoms with Gasteiger partial charge in [0.2, 0.25) is 0 Å². The fourth-order valence-corrected chi connectivity index (χ4v) is 4.10. The highest BCUT2D eigenvalue weighted by Crippen LogP contribution is 2.31. The van der Waals surface area contributed by atoms with Gasteiger partial charge < -0.3 is 19.4 Å². The van der Waals surface area contributed by atoms with Crippen LogP contribution in [0.1, 0.15) is 24.7 Å². The topological polar surface area (TPSA) is 53.6 Å². The molecular formula is C20H25F3N4O2. The normalized spacial score (nSPS) is 22.7. The van der Waals surface area contributed by atoms with Crippen LogP contribution in [0.3, 0.4) is 0 Å². The maximum absolute atomic E-state index is 12.3. The molecule has 0 amide bonds. The summed E-state index contributed by atoms with van der Waals surface area (Å²) in [7, 11) is 2.15. The fourth-order valence-electron chi connectivity index (χ4n) is 4.10. The van der Waals surface area contributed by atoms with Gasteiger partial charge in [-0.1, -0.05) is 0 Å². The van der Waals surface area contributed by atoms with Crippen molar-refractivity contribution in [1.29, 1.82) is 0 Å². The molecule has 0 saturated carbocycles. The second kappa shape index (κ2) is 8.33. The first-order valence-corrected chi connectivity index (χ1v) is 9.82. The van der Waals surface area contributed by atoms with E-state index in [0.29, 0.717) is 12.6 Å². The third-order valence-electron chi connectivity index (χ3n) is 5.64. The average molecular weight is 410 g/mol. The molecule has 0 aliphatic carbocycles. The molecule has 1 atom stereocenters. The van der Waals surface area contributed by atoms with Crippen LogP contribution in [0.4, 0.5) is 13.2 Å². The number of likely N-dealkylation sites (tertiary alicyclic amines) is 1. The number of morpholine rings is 1. The molecule has 1 aromatic carbocycles. The van der Waals surface area contributed by atoms with Gasteiger partial charge in [0.15, 0.2) is 0 Å². The van der Waals surface area contributed by atoms with Gasteiger partial charge in [0.25, 0.3) is 0 Å². The number of ether oxygens (including phenoxy) is 2. The maximum Gasteiger partial charge on any atom is 0.573 e. The van der Waals surface area contributed by atoms with E-state index < -0.39 is 6.36 Å². The van der Waals surface area contributed by atoms with E-state index in [1.165, 1.54) is 12.1 Å². The molecular weight excluding hydrogens is 385 g/mol. The van der Waals surface area contributed by atoms with Crippen molar-refractivity contribution in [2.75, 3.05) is 39.9 Å². The molecule has 9 heteroatoms. The van der Waals surface area contributed by atoms with Gasteiger partial charge in [-0.05, 0) is 62.8 Å². The zero-order valence-electron chi connectivity index (χ0n) is 16.3. The maximum atomic E-state index is 12.3. The molecule has 0 unspecified atom stereocenters. The van der Waals surface area contributed by atoms with Crippen molar-refractivity contribution < 1.29 is 22.6 Å². The largest absolute Gasteiger partial charge is 0.573 e. The van der Waals surface area contributed by atoms with Crippen molar-refractivity contribution in [3.05, 3.63) is 36.3 Å². The minimum absolute atomic E-state index is 0.0544. The Morgan fingerprint density at radius 2 is 1.86 bits per heavy atom. The molecule has 2 aromatic rings. The van der Waals surface area contributed by atoms with Crippen molar-refractivity contribution in [1.82, 2.24) is 19.8 Å². The van der Waals surface area contributed by atoms with Crippen LogP contribution in [0.2, 0.25) is 0 Å². The zero-order valence-corrected chi connectivity index (χ0v) is 16.3. The van der Waals surface area contributed by atoms with E-state index in [0.717, 1.165) is 56.2 Å². The predicted molar refractivity (Wildman–Crippen MR) is 101 cm³/mol. The highest BCUT2D eigenvalue weighted by Gasteiger charge is 2.34. The van der Waals surface area contributed by atoms with E-state index in [-0.39, 0.29) is 11.8 Å². The van der Waals surface area contributed by atoms with E-state index in [9.17, 15) is 13.2 Å². The number of alkyl halides is 3. The summed E-state index contributed by atoms with van der Waals surface area (Å²) >= 11 is 0. The summed E-state index contributed by atoms with van der Waals surface area (Å²) in [5.74, 6) is 0.587. The first-order valence-electron chi connectivity index (χ1n) is 9.82. The van der Waals surface area contributed by atoms with Crippen LogP contribution in [0.5, 0.6) is 5.75 Å². The molecule has 0 bridgehead atoms. The summed E-state index contributed by atoms with van der Waals surface area (Å²) in [4.78, 5) is 12.7. The number of benzene rings is 1. The Kier molecular flexibility index (Phi) is 5.80. The van der Waals surface area contributed by atoms with E-state index in [1.807, 2.05) is 0 Å². The Labute approximate surface area is 167 Å². The number of piperidine rings is 1. The molecule has 2 aliphatic rings. The number of nitrogens with zero attached hydrogens (tertiary/aromatic N) is 3. The Hall–Kier alpha value is -2.10. The zero-order chi connectivity index (χ0) is 20.4. The number of aromatic nitrogens is 2. The molecule has 3 heterocycles. The van der Waals surface area contributed by atoms with Crippen molar-refractivity contribution in [3.63, 3.8) is 0 Å². The summed E-state index contributed by atoms with van der Waals surface area (Å²) in [6.45, 7) is 4.35. The summed E-state index contributed by atoms with van der Waals surface area (Å²) in [6, 6.07) is 6.34. The van der Waals surface area contributed by atoms with Gasteiger partial charge in [-0.3, -0.25) is 4.90 Å². The Bertz CT molecular complexity index is 801. The SMILES string of the molecule is CN1CCC(N2CCOC[C@H]2c2ncc(-c3ccc(OC(F)(F)F)cc3)[nH]2)CC1. The van der Waals surface area contributed by atoms with Crippen LogP contribution in [0.15, 0.2) is 30.5 Å². The van der Waals surface area contributed by atoms with Crippen molar-refractivity contribution >= 4 is 0 Å². The second-order valence-electron chi connectivity index (χ2n) is 7.62. The number of halogens is 3. The summed E-state index contributed by atoms with van der Waals surface area (Å²) < 4.78 is 46.6. The molecule has 2 fully saturated rings. The Morgan fingerprint density at radius 3 is 2.55 bits per heavy atom. The number of H-pyrrole nitrogens is 1. The molecule has 4 rings (SSSR count). The van der Waals surface area contributed by atoms with Crippen LogP contribution in [0, 0.1) is 0 Å². The predicted octanol–water partition coefficient (Wildman–Crippen LogP) is 3.44. The highest BCUT2D eigenvalue weighted by atomic mass is 19.4. The molecule has 2 aliphatic heterocycles. The van der Waals surface area contributed by atoms with Crippen molar-refractivity contribution in [3.8, 4) is 17.0 Å². The van der Waals surface area contributed by atoms with Crippen LogP contribution < -0.4 is 4.74 Å². The van der Waals surface area contributed by atoms with E-state index >= 15 is 0 Å². The van der Waals surface area contributed by atoms with Gasteiger partial charge in [-0.15, -0.1) is 13.2 Å². The molecule has 6 nitrogen and oxygen atoms in total. The highest BCUT2D eigenvalue weighted by molar-refractivity contribution is 5.59. The Balaban J connectivity index is 1.48. The molecule has 29 heavy (non-hydrogen) atoms. The van der Waals surface area contributed by atoms with Crippen LogP contribution in [0.25, 0.3) is 11.3 Å². The van der Waals surface area contributed by atoms with E-state index in [4.69, 9.17) is 4.74 Å². The lowest BCUT2D eigenvalue weighted by atomic mass is 10.0. The standard InChI is InChI=1S/C20H25F3N4O2/c1-26-8-6-15(7-9-26)27-10-11-28-13-18(27)19-24-12-17(25-19)14-2-4-16(5-3-14)29-20(21,22)23/h2-5,12,15,18H,6-11,13H2,1H3,(H,24,25)/t18-/m0/s1. The number of nitrogens with one attached hydrogen (secondary N) is 1. The second-order valence-corrected chi connectivity index (χ2v) is 7.62. The fraction of sp³-hybridized carbons (Fsp3) is 0.550. The van der Waals surface area contributed by atoms with E-state index in [1.54, 1.807) is 18.3 Å². The molecule has 1 aromatic heterocycles. The van der Waals surface area contributed by atoms with Crippen LogP contribution in [-0.4, -0.2) is 72.1 Å². The minimum atomic E-state index is -4.69. The molecule has 0 spiro atoms. The van der Waals surface area contributed by atoms with Crippen molar-refractivity contribution in [2.24, 2.45) is 0 Å². The Morgan fingerprint density at radius 1 is 1.14 bits per heavy atom. The van der Waals surface area contributed by atoms with Gasteiger partial charge in [-0.25, -0.2) is 4.98 Å². The van der Waals surface area contributed by atoms with Gasteiger partial charge in [0.05, 0.1) is 31.1 Å². The number of imidazole rings is 1. The smallest absolute Gasteiger partial charge is 0.406 e. The van der Waals surface area contributed by atoms with Gasteiger partial charge in [0.1, 0.15) is 11.6 Å². The summed E-state index contributed by atoms with van der Waals surface area (Å²) in [5, 5.41) is 0. The quantitative estimate of drug-likeness (QED) is 0.837. The lowest BCUT2D eigenvalue weighted by Gasteiger charge is -2.43. The molecule has 158 valence electrons. The number of aromatic amines is 1.